The number of ether oxygens (including phenoxy) is 1. The minimum Gasteiger partial charge on any atom is -0.504 e. The highest BCUT2D eigenvalue weighted by Crippen LogP contribution is 2.47. The third-order valence-corrected chi connectivity index (χ3v) is 4.46. The topological polar surface area (TPSA) is 75.7 Å². The minimum absolute atomic E-state index is 0. The van der Waals surface area contributed by atoms with Crippen LogP contribution in [-0.4, -0.2) is 16.8 Å². The smallest absolute Gasteiger partial charge is 0.161 e. The fourth-order valence-electron chi connectivity index (χ4n) is 2.78. The molecule has 0 saturated heterocycles. The Labute approximate surface area is 143 Å². The van der Waals surface area contributed by atoms with Gasteiger partial charge in [-0.15, -0.1) is 12.4 Å². The van der Waals surface area contributed by atoms with E-state index >= 15 is 0 Å². The molecule has 4 N–H and O–H groups in total. The van der Waals surface area contributed by atoms with Crippen molar-refractivity contribution in [3.8, 4) is 11.5 Å². The molecular formula is C16H17BrClNO3. The van der Waals surface area contributed by atoms with Gasteiger partial charge in [-0.05, 0) is 11.6 Å². The van der Waals surface area contributed by atoms with Crippen LogP contribution in [0.25, 0.3) is 0 Å². The van der Waals surface area contributed by atoms with Gasteiger partial charge in [0.2, 0.25) is 0 Å². The molecule has 118 valence electrons. The van der Waals surface area contributed by atoms with E-state index in [0.717, 1.165) is 11.1 Å². The van der Waals surface area contributed by atoms with Crippen LogP contribution in [0.2, 0.25) is 0 Å². The summed E-state index contributed by atoms with van der Waals surface area (Å²) in [4.78, 5) is 0. The zero-order valence-corrected chi connectivity index (χ0v) is 14.1. The van der Waals surface area contributed by atoms with E-state index in [1.165, 1.54) is 6.07 Å². The van der Waals surface area contributed by atoms with Crippen molar-refractivity contribution in [2.45, 2.75) is 18.6 Å². The summed E-state index contributed by atoms with van der Waals surface area (Å²) >= 11 is 3.42. The van der Waals surface area contributed by atoms with Crippen LogP contribution in [0, 0.1) is 0 Å². The van der Waals surface area contributed by atoms with E-state index in [0.29, 0.717) is 23.0 Å². The van der Waals surface area contributed by atoms with Crippen molar-refractivity contribution in [2.24, 2.45) is 5.73 Å². The molecule has 0 unspecified atom stereocenters. The summed E-state index contributed by atoms with van der Waals surface area (Å²) in [5, 5.41) is 20.0. The van der Waals surface area contributed by atoms with E-state index in [1.54, 1.807) is 0 Å². The van der Waals surface area contributed by atoms with Gasteiger partial charge >= 0.3 is 0 Å². The van der Waals surface area contributed by atoms with Crippen molar-refractivity contribution in [2.75, 3.05) is 6.54 Å². The van der Waals surface area contributed by atoms with Gasteiger partial charge in [-0.25, -0.2) is 0 Å². The van der Waals surface area contributed by atoms with Gasteiger partial charge in [0.25, 0.3) is 0 Å². The summed E-state index contributed by atoms with van der Waals surface area (Å²) in [6.07, 6.45) is -0.0130. The first-order valence-corrected chi connectivity index (χ1v) is 7.54. The highest BCUT2D eigenvalue weighted by Gasteiger charge is 2.32. The lowest BCUT2D eigenvalue weighted by Crippen LogP contribution is -2.26. The van der Waals surface area contributed by atoms with E-state index in [-0.39, 0.29) is 36.1 Å². The molecule has 0 bridgehead atoms. The summed E-state index contributed by atoms with van der Waals surface area (Å²) in [5.41, 5.74) is 8.37. The van der Waals surface area contributed by atoms with Gasteiger partial charge in [-0.2, -0.15) is 0 Å². The average molecular weight is 387 g/mol. The highest BCUT2D eigenvalue weighted by atomic mass is 79.9. The van der Waals surface area contributed by atoms with Crippen LogP contribution >= 0.6 is 28.3 Å². The van der Waals surface area contributed by atoms with Gasteiger partial charge in [0.1, 0.15) is 0 Å². The van der Waals surface area contributed by atoms with Gasteiger partial charge in [-0.3, -0.25) is 0 Å². The van der Waals surface area contributed by atoms with E-state index in [1.807, 2.05) is 30.3 Å². The van der Waals surface area contributed by atoms with Gasteiger partial charge in [0.15, 0.2) is 11.5 Å². The summed E-state index contributed by atoms with van der Waals surface area (Å²) in [6.45, 7) is 0.305. The number of phenolic OH excluding ortho intramolecular Hbond substituents is 2. The Kier molecular flexibility index (Phi) is 5.34. The number of phenols is 2. The maximum absolute atomic E-state index is 10.2. The normalized spacial score (nSPS) is 20.1. The maximum Gasteiger partial charge on any atom is 0.161 e. The fraction of sp³-hybridized carbons (Fsp3) is 0.250. The van der Waals surface area contributed by atoms with Crippen LogP contribution in [0.4, 0.5) is 0 Å². The molecule has 0 spiro atoms. The average Bonchev–Trinajstić information content (AvgIpc) is 2.52. The predicted octanol–water partition coefficient (Wildman–Crippen LogP) is 3.60. The second kappa shape index (κ2) is 6.87. The highest BCUT2D eigenvalue weighted by molar-refractivity contribution is 9.10. The van der Waals surface area contributed by atoms with Gasteiger partial charge in [0.05, 0.1) is 12.2 Å². The molecule has 1 heterocycles. The van der Waals surface area contributed by atoms with E-state index in [4.69, 9.17) is 10.5 Å². The Hall–Kier alpha value is -1.27. The van der Waals surface area contributed by atoms with Crippen molar-refractivity contribution in [1.29, 1.82) is 0 Å². The van der Waals surface area contributed by atoms with Crippen LogP contribution in [0.15, 0.2) is 40.9 Å². The summed E-state index contributed by atoms with van der Waals surface area (Å²) in [5.74, 6) is -0.221. The van der Waals surface area contributed by atoms with Crippen LogP contribution in [-0.2, 0) is 11.2 Å². The van der Waals surface area contributed by atoms with Crippen LogP contribution in [0.5, 0.6) is 11.5 Å². The minimum atomic E-state index is -0.320. The van der Waals surface area contributed by atoms with E-state index in [2.05, 4.69) is 15.9 Å². The summed E-state index contributed by atoms with van der Waals surface area (Å²) in [7, 11) is 0. The molecule has 4 nitrogen and oxygen atoms in total. The Balaban J connectivity index is 0.00000176. The molecule has 2 aromatic rings. The molecule has 6 heteroatoms. The molecule has 0 radical (unpaired) electrons. The first kappa shape index (κ1) is 17.1. The predicted molar refractivity (Wildman–Crippen MR) is 90.5 cm³/mol. The number of fused-ring (bicyclic) bond motifs is 1. The first-order valence-electron chi connectivity index (χ1n) is 6.75. The first-order chi connectivity index (χ1) is 10.1. The lowest BCUT2D eigenvalue weighted by Gasteiger charge is -2.33. The molecule has 0 aliphatic carbocycles. The van der Waals surface area contributed by atoms with Crippen molar-refractivity contribution in [1.82, 2.24) is 0 Å². The number of hydrogen-bond donors (Lipinski definition) is 3. The zero-order chi connectivity index (χ0) is 15.0. The number of aromatic hydroxyl groups is 2. The SMILES string of the molecule is Cl.NC[C@@H]1O[C@H](c2ccccc2)Cc2c(O)c(O)cc(Br)c21. The quantitative estimate of drug-likeness (QED) is 0.689. The third-order valence-electron chi connectivity index (χ3n) is 3.80. The molecule has 0 aromatic heterocycles. The Bertz CT molecular complexity index is 666. The van der Waals surface area contributed by atoms with Crippen molar-refractivity contribution in [3.63, 3.8) is 0 Å². The molecular weight excluding hydrogens is 370 g/mol. The number of nitrogens with two attached hydrogens (primary N) is 1. The number of rotatable bonds is 2. The standard InChI is InChI=1S/C16H16BrNO3.ClH/c17-11-7-12(19)16(20)10-6-13(9-4-2-1-3-5-9)21-14(8-18)15(10)11;/h1-5,7,13-14,19-20H,6,8,18H2;1H/t13-,14-;/m0./s1. The molecule has 2 atom stereocenters. The summed E-state index contributed by atoms with van der Waals surface area (Å²) in [6, 6.07) is 11.3. The number of benzene rings is 2. The number of hydrogen-bond acceptors (Lipinski definition) is 4. The maximum atomic E-state index is 10.2. The Morgan fingerprint density at radius 1 is 1.23 bits per heavy atom. The largest absolute Gasteiger partial charge is 0.504 e. The lowest BCUT2D eigenvalue weighted by atomic mass is 9.90. The molecule has 3 rings (SSSR count). The van der Waals surface area contributed by atoms with E-state index < -0.39 is 0 Å². The second-order valence-corrected chi connectivity index (χ2v) is 5.94. The molecule has 1 aliphatic rings. The van der Waals surface area contributed by atoms with Crippen molar-refractivity contribution >= 4 is 28.3 Å². The zero-order valence-electron chi connectivity index (χ0n) is 11.7. The Morgan fingerprint density at radius 3 is 2.55 bits per heavy atom. The fourth-order valence-corrected chi connectivity index (χ4v) is 3.50. The van der Waals surface area contributed by atoms with Gasteiger partial charge in [-0.1, -0.05) is 46.3 Å². The molecule has 0 amide bonds. The van der Waals surface area contributed by atoms with Crippen LogP contribution in [0.3, 0.4) is 0 Å². The van der Waals surface area contributed by atoms with Crippen molar-refractivity contribution < 1.29 is 14.9 Å². The molecule has 1 aliphatic heterocycles. The van der Waals surface area contributed by atoms with E-state index in [9.17, 15) is 10.2 Å². The van der Waals surface area contributed by atoms with Crippen molar-refractivity contribution in [3.05, 3.63) is 57.6 Å². The number of halogens is 2. The summed E-state index contributed by atoms with van der Waals surface area (Å²) < 4.78 is 6.78. The lowest BCUT2D eigenvalue weighted by molar-refractivity contribution is -0.0235. The van der Waals surface area contributed by atoms with Gasteiger partial charge < -0.3 is 20.7 Å². The third kappa shape index (κ3) is 2.94. The second-order valence-electron chi connectivity index (χ2n) is 5.08. The molecule has 0 saturated carbocycles. The monoisotopic (exact) mass is 385 g/mol. The molecule has 22 heavy (non-hydrogen) atoms. The molecule has 2 aromatic carbocycles. The van der Waals surface area contributed by atoms with Crippen LogP contribution < -0.4 is 5.73 Å². The Morgan fingerprint density at radius 2 is 1.91 bits per heavy atom. The molecule has 0 fully saturated rings. The van der Waals surface area contributed by atoms with Gasteiger partial charge in [0, 0.05) is 28.6 Å². The van der Waals surface area contributed by atoms with Crippen LogP contribution in [0.1, 0.15) is 28.9 Å².